The first-order chi connectivity index (χ1) is 47.1. The lowest BCUT2D eigenvalue weighted by atomic mass is 9.78. The molecule has 2 fully saturated rings. The number of alkyl carbamates (subject to hydrolysis) is 2. The van der Waals surface area contributed by atoms with Crippen LogP contribution in [0.3, 0.4) is 0 Å². The Morgan fingerprint density at radius 2 is 0.959 bits per heavy atom. The molecular weight excluding hydrogens is 1220 g/mol. The highest BCUT2D eigenvalue weighted by Crippen LogP contribution is 2.47. The van der Waals surface area contributed by atoms with Crippen molar-refractivity contribution in [2.45, 2.75) is 202 Å². The van der Waals surface area contributed by atoms with E-state index in [1.807, 2.05) is 111 Å². The average Bonchev–Trinajstić information content (AvgIpc) is 1.51. The molecule has 2 aliphatic carbocycles. The Kier molecular flexibility index (Phi) is 27.4. The van der Waals surface area contributed by atoms with Crippen molar-refractivity contribution < 1.29 is 47.5 Å². The summed E-state index contributed by atoms with van der Waals surface area (Å²) in [6.45, 7) is 29.0. The van der Waals surface area contributed by atoms with Gasteiger partial charge in [0.1, 0.15) is 19.3 Å². The zero-order valence-electron chi connectivity index (χ0n) is 61.0. The van der Waals surface area contributed by atoms with Crippen molar-refractivity contribution in [1.29, 1.82) is 0 Å². The number of hydrogen-bond donors (Lipinski definition) is 2. The third-order valence-electron chi connectivity index (χ3n) is 22.6. The molecule has 9 rings (SSSR count). The minimum absolute atomic E-state index is 0.0779. The number of hydrogen-bond acceptors (Lipinski definition) is 10. The van der Waals surface area contributed by atoms with Gasteiger partial charge >= 0.3 is 18.2 Å². The zero-order valence-corrected chi connectivity index (χ0v) is 61.0. The molecule has 0 aromatic heterocycles. The summed E-state index contributed by atoms with van der Waals surface area (Å²) < 4.78 is 46.7. The number of carbonyl (C=O) groups is 3. The highest BCUT2D eigenvalue weighted by molar-refractivity contribution is 5.80. The Morgan fingerprint density at radius 1 is 0.480 bits per heavy atom. The number of carbonyl (C=O) groups excluding carboxylic acids is 3. The number of amides is 2. The first-order valence-corrected chi connectivity index (χ1v) is 36.8. The van der Waals surface area contributed by atoms with Crippen LogP contribution in [0.5, 0.6) is 0 Å². The van der Waals surface area contributed by atoms with Crippen LogP contribution < -0.4 is 10.6 Å². The van der Waals surface area contributed by atoms with E-state index < -0.39 is 42.5 Å². The Balaban J connectivity index is 0.970. The molecule has 528 valence electrons. The molecule has 0 spiro atoms. The Morgan fingerprint density at radius 3 is 1.47 bits per heavy atom. The van der Waals surface area contributed by atoms with Gasteiger partial charge in [-0.15, -0.1) is 0 Å². The molecule has 19 atom stereocenters. The highest BCUT2D eigenvalue weighted by atomic mass is 16.7. The van der Waals surface area contributed by atoms with Gasteiger partial charge in [0.05, 0.1) is 24.4 Å². The molecule has 12 heteroatoms. The predicted octanol–water partition coefficient (Wildman–Crippen LogP) is 19.6. The molecule has 4 aromatic rings. The summed E-state index contributed by atoms with van der Waals surface area (Å²) in [5.74, 6) is 0.872. The third kappa shape index (κ3) is 19.7. The van der Waals surface area contributed by atoms with Gasteiger partial charge in [0.15, 0.2) is 12.1 Å². The third-order valence-corrected chi connectivity index (χ3v) is 22.6. The van der Waals surface area contributed by atoms with Crippen molar-refractivity contribution in [1.82, 2.24) is 10.6 Å². The van der Waals surface area contributed by atoms with Crippen molar-refractivity contribution in [3.05, 3.63) is 204 Å². The van der Waals surface area contributed by atoms with Gasteiger partial charge in [-0.3, -0.25) is 4.79 Å². The van der Waals surface area contributed by atoms with Crippen LogP contribution in [0.1, 0.15) is 175 Å². The van der Waals surface area contributed by atoms with Crippen molar-refractivity contribution >= 4 is 18.2 Å². The molecule has 3 aliphatic heterocycles. The fourth-order valence-electron chi connectivity index (χ4n) is 16.1. The maximum absolute atomic E-state index is 14.5. The molecule has 0 radical (unpaired) electrons. The summed E-state index contributed by atoms with van der Waals surface area (Å²) in [7, 11) is 1.75. The van der Waals surface area contributed by atoms with Gasteiger partial charge in [-0.05, 0) is 124 Å². The van der Waals surface area contributed by atoms with E-state index >= 15 is 0 Å². The molecule has 12 nitrogen and oxygen atoms in total. The zero-order chi connectivity index (χ0) is 70.0. The number of rotatable bonds is 9. The summed E-state index contributed by atoms with van der Waals surface area (Å²) in [5.41, 5.74) is 9.24. The lowest BCUT2D eigenvalue weighted by Crippen LogP contribution is -2.60. The summed E-state index contributed by atoms with van der Waals surface area (Å²) in [4.78, 5) is 42.0. The van der Waals surface area contributed by atoms with Gasteiger partial charge in [-0.1, -0.05) is 271 Å². The van der Waals surface area contributed by atoms with Crippen LogP contribution in [0.25, 0.3) is 22.3 Å². The summed E-state index contributed by atoms with van der Waals surface area (Å²) in [6.07, 6.45) is 31.0. The van der Waals surface area contributed by atoms with Crippen LogP contribution in [-0.4, -0.2) is 87.1 Å². The standard InChI is InChI=1S/C86H114N2O10/c1-55-45-46-58(4)60(6)48-57(3)51-86(92-14)52-61(7)81(87-84(90)93-53-77-73-41-31-27-37-69(73)70-38-28-32-42-74(70)77)79(98-86)50-68(36-26-24-22-20-18-16-15-17-19-21-23-25-35-59(5)62(8)63(9)66(12)95-80(89)49-56(2)47-55)97-83-65(11)82(64(10)67(13)96-83)88-85(91)94-54-78-75-43-33-29-39-71(75)72-40-30-34-44-76(72)78/h15-44,55-68,77-79,81-83H,45-54H2,1-14H3,(H,87,90)(H,88,91)/b16-15+,19-17+,20-18+,23-21+,24-22+,35-25+,36-26+/t55-,56-,57+,58-,59+,60-,61+,62-,63-,64?,65?,66+,67?,68+,79+,81-,82?,83?,86-/m1/s1. The Bertz CT molecular complexity index is 3380. The second-order valence-electron chi connectivity index (χ2n) is 30.0. The van der Waals surface area contributed by atoms with Crippen LogP contribution >= 0.6 is 0 Å². The van der Waals surface area contributed by atoms with E-state index in [1.165, 1.54) is 11.1 Å². The van der Waals surface area contributed by atoms with E-state index in [1.54, 1.807) is 7.11 Å². The minimum atomic E-state index is -0.981. The van der Waals surface area contributed by atoms with Crippen LogP contribution in [0.2, 0.25) is 0 Å². The summed E-state index contributed by atoms with van der Waals surface area (Å²) in [5, 5.41) is 6.64. The first kappa shape index (κ1) is 75.1. The number of fused-ring (bicyclic) bond motifs is 8. The maximum atomic E-state index is 14.5. The highest BCUT2D eigenvalue weighted by Gasteiger charge is 2.49. The number of allylic oxidation sites excluding steroid dienone is 13. The van der Waals surface area contributed by atoms with E-state index in [9.17, 15) is 14.4 Å². The number of cyclic esters (lactones) is 1. The van der Waals surface area contributed by atoms with Crippen LogP contribution in [0.4, 0.5) is 9.59 Å². The van der Waals surface area contributed by atoms with E-state index in [2.05, 4.69) is 172 Å². The first-order valence-electron chi connectivity index (χ1n) is 36.8. The summed E-state index contributed by atoms with van der Waals surface area (Å²) >= 11 is 0. The molecule has 0 saturated carbocycles. The quantitative estimate of drug-likeness (QED) is 0.123. The monoisotopic (exact) mass is 1330 g/mol. The summed E-state index contributed by atoms with van der Waals surface area (Å²) in [6, 6.07) is 32.6. The molecule has 2 amide bonds. The molecule has 2 bridgehead atoms. The average molecular weight is 1340 g/mol. The number of benzene rings is 4. The van der Waals surface area contributed by atoms with Crippen molar-refractivity contribution in [3.8, 4) is 22.3 Å². The van der Waals surface area contributed by atoms with E-state index in [4.69, 9.17) is 33.2 Å². The largest absolute Gasteiger partial charge is 0.462 e. The maximum Gasteiger partial charge on any atom is 0.407 e. The van der Waals surface area contributed by atoms with Gasteiger partial charge in [-0.2, -0.15) is 0 Å². The van der Waals surface area contributed by atoms with E-state index in [-0.39, 0.29) is 84.8 Å². The van der Waals surface area contributed by atoms with E-state index in [0.29, 0.717) is 55.3 Å². The molecule has 2 N–H and O–H groups in total. The number of esters is 1. The van der Waals surface area contributed by atoms with Crippen molar-refractivity contribution in [2.24, 2.45) is 65.1 Å². The van der Waals surface area contributed by atoms with Crippen LogP contribution in [0.15, 0.2) is 182 Å². The van der Waals surface area contributed by atoms with Crippen LogP contribution in [-0.2, 0) is 38.0 Å². The molecule has 2 saturated heterocycles. The second-order valence-corrected chi connectivity index (χ2v) is 30.0. The Hall–Kier alpha value is -7.09. The Labute approximate surface area is 587 Å². The smallest absolute Gasteiger partial charge is 0.407 e. The van der Waals surface area contributed by atoms with Crippen LogP contribution in [0, 0.1) is 65.1 Å². The van der Waals surface area contributed by atoms with Gasteiger partial charge in [0.2, 0.25) is 0 Å². The normalized spacial score (nSPS) is 34.9. The van der Waals surface area contributed by atoms with Gasteiger partial charge < -0.3 is 43.8 Å². The second kappa shape index (κ2) is 35.8. The van der Waals surface area contributed by atoms with Crippen molar-refractivity contribution in [2.75, 3.05) is 20.3 Å². The lowest BCUT2D eigenvalue weighted by Gasteiger charge is -2.49. The predicted molar refractivity (Wildman–Crippen MR) is 395 cm³/mol. The molecule has 5 aliphatic rings. The van der Waals surface area contributed by atoms with Gasteiger partial charge in [-0.25, -0.2) is 9.59 Å². The molecule has 3 heterocycles. The number of methoxy groups -OCH3 is 1. The van der Waals surface area contributed by atoms with Gasteiger partial charge in [0.25, 0.3) is 0 Å². The molecule has 98 heavy (non-hydrogen) atoms. The molecule has 5 unspecified atom stereocenters. The fourth-order valence-corrected chi connectivity index (χ4v) is 16.1. The van der Waals surface area contributed by atoms with Gasteiger partial charge in [0, 0.05) is 62.5 Å². The SMILES string of the molecule is CO[C@]12C[C@@H](C)C[C@@H](C)[C@H](C)CC[C@@H](C)C[C@@H](C)CC(=O)O[C@@H](C)[C@H](C)[C@H](C)[C@@H](C)/C=C/C=C/C=C/C=C/C=C/C=C/C=C/[C@H](OC3OC(C)C(C)C(NC(=O)OCC4c5ccccc5-c5ccccc54)C3C)C[C@H](O1)[C@H](NC(=O)OCC1c3ccccc3-c3ccccc31)[C@@H](C)C2. The number of ether oxygens (including phenoxy) is 7. The topological polar surface area (TPSA) is 140 Å². The minimum Gasteiger partial charge on any atom is -0.462 e. The molecular formula is C86H114N2O10. The fraction of sp³-hybridized carbons (Fsp3) is 0.523. The molecule has 4 aromatic carbocycles. The lowest BCUT2D eigenvalue weighted by molar-refractivity contribution is -0.299. The van der Waals surface area contributed by atoms with Crippen molar-refractivity contribution in [3.63, 3.8) is 0 Å². The van der Waals surface area contributed by atoms with E-state index in [0.717, 1.165) is 59.1 Å². The number of nitrogens with one attached hydrogen (secondary N) is 2.